The van der Waals surface area contributed by atoms with E-state index in [2.05, 4.69) is 55.1 Å². The van der Waals surface area contributed by atoms with Gasteiger partial charge in [0.15, 0.2) is 10.8 Å². The van der Waals surface area contributed by atoms with Gasteiger partial charge in [0.05, 0.1) is 23.9 Å². The van der Waals surface area contributed by atoms with Crippen molar-refractivity contribution in [2.75, 3.05) is 30.4 Å². The van der Waals surface area contributed by atoms with Crippen molar-refractivity contribution in [1.82, 2.24) is 45.3 Å². The van der Waals surface area contributed by atoms with Gasteiger partial charge in [-0.05, 0) is 22.6 Å². The first-order chi connectivity index (χ1) is 14.0. The predicted octanol–water partition coefficient (Wildman–Crippen LogP) is 1.05. The molecular formula is C16H24N10OS2. The topological polar surface area (TPSA) is 128 Å². The van der Waals surface area contributed by atoms with E-state index in [9.17, 15) is 4.79 Å². The second kappa shape index (κ2) is 9.87. The highest BCUT2D eigenvalue weighted by Gasteiger charge is 2.13. The molecule has 3 aromatic heterocycles. The number of anilines is 1. The van der Waals surface area contributed by atoms with Crippen LogP contribution in [0.1, 0.15) is 13.8 Å². The smallest absolute Gasteiger partial charge is 0.230 e. The highest BCUT2D eigenvalue weighted by molar-refractivity contribution is 7.99. The third-order valence-electron chi connectivity index (χ3n) is 3.90. The molecule has 11 nitrogen and oxygen atoms in total. The zero-order valence-corrected chi connectivity index (χ0v) is 18.4. The van der Waals surface area contributed by atoms with Crippen molar-refractivity contribution < 1.29 is 4.79 Å². The summed E-state index contributed by atoms with van der Waals surface area (Å²) in [4.78, 5) is 21.2. The van der Waals surface area contributed by atoms with Crippen molar-refractivity contribution in [2.24, 2.45) is 13.0 Å². The zero-order valence-electron chi connectivity index (χ0n) is 16.8. The van der Waals surface area contributed by atoms with Gasteiger partial charge >= 0.3 is 0 Å². The Morgan fingerprint density at radius 3 is 2.83 bits per heavy atom. The molecule has 3 heterocycles. The fourth-order valence-corrected chi connectivity index (χ4v) is 3.49. The lowest BCUT2D eigenvalue weighted by atomic mass is 10.2. The number of nitrogens with zero attached hydrogens (tertiary/aromatic N) is 8. The molecule has 3 aromatic rings. The molecular weight excluding hydrogens is 412 g/mol. The first kappa shape index (κ1) is 21.3. The van der Waals surface area contributed by atoms with Crippen LogP contribution in [0.15, 0.2) is 16.5 Å². The van der Waals surface area contributed by atoms with Gasteiger partial charge in [0.2, 0.25) is 11.1 Å². The SMILES string of the molecule is CSc1nc(NCC(C)C)c2cnn(CCNC(=O)CSc3nnnn3C)c2n1. The monoisotopic (exact) mass is 436 g/mol. The minimum absolute atomic E-state index is 0.0896. The number of carbonyl (C=O) groups is 1. The summed E-state index contributed by atoms with van der Waals surface area (Å²) in [7, 11) is 1.73. The lowest BCUT2D eigenvalue weighted by Gasteiger charge is -2.10. The Bertz CT molecular complexity index is 970. The Morgan fingerprint density at radius 1 is 1.31 bits per heavy atom. The fourth-order valence-electron chi connectivity index (χ4n) is 2.45. The summed E-state index contributed by atoms with van der Waals surface area (Å²) in [5.74, 6) is 1.44. The normalized spacial score (nSPS) is 11.3. The highest BCUT2D eigenvalue weighted by Crippen LogP contribution is 2.23. The maximum Gasteiger partial charge on any atom is 0.230 e. The molecule has 0 bridgehead atoms. The van der Waals surface area contributed by atoms with E-state index in [1.54, 1.807) is 17.9 Å². The van der Waals surface area contributed by atoms with E-state index in [-0.39, 0.29) is 11.7 Å². The number of tetrazole rings is 1. The highest BCUT2D eigenvalue weighted by atomic mass is 32.2. The van der Waals surface area contributed by atoms with E-state index in [4.69, 9.17) is 0 Å². The summed E-state index contributed by atoms with van der Waals surface area (Å²) in [6.45, 7) is 6.07. The lowest BCUT2D eigenvalue weighted by molar-refractivity contribution is -0.118. The van der Waals surface area contributed by atoms with E-state index < -0.39 is 0 Å². The maximum absolute atomic E-state index is 12.1. The second-order valence-electron chi connectivity index (χ2n) is 6.66. The Labute approximate surface area is 176 Å². The molecule has 0 aliphatic rings. The van der Waals surface area contributed by atoms with Gasteiger partial charge in [0.1, 0.15) is 5.82 Å². The molecule has 29 heavy (non-hydrogen) atoms. The number of thioether (sulfide) groups is 2. The van der Waals surface area contributed by atoms with Crippen molar-refractivity contribution >= 4 is 46.3 Å². The van der Waals surface area contributed by atoms with E-state index >= 15 is 0 Å². The minimum atomic E-state index is -0.0896. The van der Waals surface area contributed by atoms with Crippen molar-refractivity contribution in [2.45, 2.75) is 30.7 Å². The van der Waals surface area contributed by atoms with Gasteiger partial charge in [-0.3, -0.25) is 4.79 Å². The average molecular weight is 437 g/mol. The summed E-state index contributed by atoms with van der Waals surface area (Å²) >= 11 is 2.77. The average Bonchev–Trinajstić information content (AvgIpc) is 3.30. The number of nitrogens with one attached hydrogen (secondary N) is 2. The van der Waals surface area contributed by atoms with Crippen LogP contribution in [0, 0.1) is 5.92 Å². The molecule has 0 unspecified atom stereocenters. The van der Waals surface area contributed by atoms with E-state index in [1.807, 2.05) is 6.26 Å². The van der Waals surface area contributed by atoms with Crippen LogP contribution in [-0.2, 0) is 18.4 Å². The minimum Gasteiger partial charge on any atom is -0.369 e. The van der Waals surface area contributed by atoms with Gasteiger partial charge < -0.3 is 10.6 Å². The first-order valence-corrected chi connectivity index (χ1v) is 11.3. The molecule has 0 radical (unpaired) electrons. The molecule has 156 valence electrons. The predicted molar refractivity (Wildman–Crippen MR) is 113 cm³/mol. The Morgan fingerprint density at radius 2 is 2.14 bits per heavy atom. The standard InChI is InChI=1S/C16H24N10OS2/c1-10(2)7-18-13-11-8-19-26(14(11)21-15(20-13)28-4)6-5-17-12(27)9-29-16-22-23-24-25(16)3/h8,10H,5-7,9H2,1-4H3,(H,17,27)(H,18,20,21). The Balaban J connectivity index is 1.60. The number of aromatic nitrogens is 8. The molecule has 2 N–H and O–H groups in total. The van der Waals surface area contributed by atoms with Crippen LogP contribution in [0.4, 0.5) is 5.82 Å². The summed E-state index contributed by atoms with van der Waals surface area (Å²) in [5.41, 5.74) is 0.754. The van der Waals surface area contributed by atoms with Gasteiger partial charge in [0.25, 0.3) is 0 Å². The Kier molecular flexibility index (Phi) is 7.25. The molecule has 0 aliphatic carbocycles. The molecule has 0 aromatic carbocycles. The fraction of sp³-hybridized carbons (Fsp3) is 0.562. The van der Waals surface area contributed by atoms with Crippen LogP contribution in [0.25, 0.3) is 11.0 Å². The van der Waals surface area contributed by atoms with Crippen LogP contribution in [0.5, 0.6) is 0 Å². The number of fused-ring (bicyclic) bond motifs is 1. The molecule has 1 amide bonds. The first-order valence-electron chi connectivity index (χ1n) is 9.11. The summed E-state index contributed by atoms with van der Waals surface area (Å²) in [6.07, 6.45) is 3.71. The molecule has 13 heteroatoms. The van der Waals surface area contributed by atoms with E-state index in [0.29, 0.717) is 29.3 Å². The molecule has 0 saturated heterocycles. The van der Waals surface area contributed by atoms with Gasteiger partial charge in [-0.15, -0.1) is 5.10 Å². The van der Waals surface area contributed by atoms with Gasteiger partial charge in [-0.2, -0.15) is 5.10 Å². The zero-order chi connectivity index (χ0) is 20.8. The number of amides is 1. The third-order valence-corrected chi connectivity index (χ3v) is 5.45. The number of hydrogen-bond acceptors (Lipinski definition) is 10. The molecule has 3 rings (SSSR count). The second-order valence-corrected chi connectivity index (χ2v) is 8.38. The maximum atomic E-state index is 12.1. The van der Waals surface area contributed by atoms with E-state index in [0.717, 1.165) is 23.4 Å². The lowest BCUT2D eigenvalue weighted by Crippen LogP contribution is -2.29. The van der Waals surface area contributed by atoms with Gasteiger partial charge in [0, 0.05) is 20.1 Å². The summed E-state index contributed by atoms with van der Waals surface area (Å²) in [5, 5.41) is 24.0. The van der Waals surface area contributed by atoms with Crippen LogP contribution >= 0.6 is 23.5 Å². The third kappa shape index (κ3) is 5.56. The van der Waals surface area contributed by atoms with Crippen molar-refractivity contribution in [3.8, 4) is 0 Å². The molecule has 0 fully saturated rings. The molecule has 0 saturated carbocycles. The molecule has 0 spiro atoms. The van der Waals surface area contributed by atoms with Crippen molar-refractivity contribution in [3.63, 3.8) is 0 Å². The summed E-state index contributed by atoms with van der Waals surface area (Å²) < 4.78 is 3.32. The largest absolute Gasteiger partial charge is 0.369 e. The van der Waals surface area contributed by atoms with Crippen LogP contribution in [0.3, 0.4) is 0 Å². The van der Waals surface area contributed by atoms with E-state index in [1.165, 1.54) is 28.2 Å². The van der Waals surface area contributed by atoms with Crippen LogP contribution in [0.2, 0.25) is 0 Å². The summed E-state index contributed by atoms with van der Waals surface area (Å²) in [6, 6.07) is 0. The van der Waals surface area contributed by atoms with Crippen molar-refractivity contribution in [3.05, 3.63) is 6.20 Å². The number of hydrogen-bond donors (Lipinski definition) is 2. The van der Waals surface area contributed by atoms with Gasteiger partial charge in [-0.1, -0.05) is 37.4 Å². The number of rotatable bonds is 10. The number of aryl methyl sites for hydroxylation is 1. The van der Waals surface area contributed by atoms with Gasteiger partial charge in [-0.25, -0.2) is 19.3 Å². The van der Waals surface area contributed by atoms with Crippen LogP contribution < -0.4 is 10.6 Å². The quantitative estimate of drug-likeness (QED) is 0.351. The number of carbonyl (C=O) groups excluding carboxylic acids is 1. The molecule has 0 atom stereocenters. The Hall–Kier alpha value is -2.41. The molecule has 0 aliphatic heterocycles. The van der Waals surface area contributed by atoms with Crippen molar-refractivity contribution in [1.29, 1.82) is 0 Å². The van der Waals surface area contributed by atoms with Crippen LogP contribution in [-0.4, -0.2) is 71.0 Å².